The number of anilines is 2. The van der Waals surface area contributed by atoms with Crippen LogP contribution < -0.4 is 41.6 Å². The van der Waals surface area contributed by atoms with Crippen molar-refractivity contribution in [3.63, 3.8) is 0 Å². The van der Waals surface area contributed by atoms with Crippen LogP contribution in [-0.4, -0.2) is 28.2 Å². The maximum atomic E-state index is 2.41. The van der Waals surface area contributed by atoms with E-state index >= 15 is 0 Å². The molecule has 7 heteroatoms. The molecule has 0 radical (unpaired) electrons. The van der Waals surface area contributed by atoms with E-state index in [1.807, 2.05) is 91.0 Å². The zero-order valence-electron chi connectivity index (χ0n) is 33.7. The maximum Gasteiger partial charge on any atom is 0.00394 e. The summed E-state index contributed by atoms with van der Waals surface area (Å²) in [6, 6.07) is 69.0. The van der Waals surface area contributed by atoms with Crippen molar-refractivity contribution in [1.29, 1.82) is 0 Å². The summed E-state index contributed by atoms with van der Waals surface area (Å²) in [5.74, 6) is 0. The van der Waals surface area contributed by atoms with Crippen molar-refractivity contribution in [3.8, 4) is 0 Å². The van der Waals surface area contributed by atoms with E-state index < -0.39 is 15.8 Å². The summed E-state index contributed by atoms with van der Waals surface area (Å²) >= 11 is 0. The Balaban J connectivity index is 0.000000518. The van der Waals surface area contributed by atoms with E-state index in [0.717, 1.165) is 12.8 Å². The van der Waals surface area contributed by atoms with Crippen LogP contribution in [0, 0.1) is 0 Å². The van der Waals surface area contributed by atoms with Crippen molar-refractivity contribution in [1.82, 2.24) is 0 Å². The van der Waals surface area contributed by atoms with Gasteiger partial charge in [0, 0.05) is 65.3 Å². The number of hydrogen-bond acceptors (Lipinski definition) is 2. The normalized spacial score (nSPS) is 10.9. The molecule has 0 aromatic heterocycles. The molecule has 0 aliphatic heterocycles. The van der Waals surface area contributed by atoms with E-state index in [0.29, 0.717) is 0 Å². The number of benzene rings is 2. The quantitative estimate of drug-likeness (QED) is 0.0767. The molecule has 8 aromatic rings. The van der Waals surface area contributed by atoms with Crippen LogP contribution in [-0.2, 0) is 64.0 Å². The van der Waals surface area contributed by atoms with Crippen LogP contribution in [0.3, 0.4) is 0 Å². The molecule has 8 aromatic carbocycles. The Morgan fingerprint density at radius 1 is 0.544 bits per heavy atom. The number of nitrogens with zero attached hydrogens (tertiary/aromatic N) is 2. The Hall–Kier alpha value is -3.44. The molecule has 0 fully saturated rings. The molecule has 0 spiro atoms. The molecular weight excluding hydrogens is 858 g/mol. The Morgan fingerprint density at radius 3 is 1.46 bits per heavy atom. The van der Waals surface area contributed by atoms with Crippen molar-refractivity contribution >= 4 is 59.0 Å². The van der Waals surface area contributed by atoms with Gasteiger partial charge in [-0.25, -0.2) is 42.5 Å². The molecule has 0 saturated heterocycles. The summed E-state index contributed by atoms with van der Waals surface area (Å²) in [6.45, 7) is 4.60. The largest absolute Gasteiger partial charge is 0.747 e. The van der Waals surface area contributed by atoms with Crippen LogP contribution >= 0.6 is 15.8 Å². The van der Waals surface area contributed by atoms with Gasteiger partial charge in [0.05, 0.1) is 0 Å². The summed E-state index contributed by atoms with van der Waals surface area (Å²) in [5.41, 5.74) is 5.63. The topological polar surface area (TPSA) is 6.48 Å². The predicted molar refractivity (Wildman–Crippen MR) is 244 cm³/mol. The van der Waals surface area contributed by atoms with Gasteiger partial charge in [0.2, 0.25) is 0 Å². The minimum absolute atomic E-state index is 0. The molecule has 2 atom stereocenters. The van der Waals surface area contributed by atoms with Crippen LogP contribution in [0.5, 0.6) is 0 Å². The second-order valence-electron chi connectivity index (χ2n) is 13.2. The van der Waals surface area contributed by atoms with Crippen molar-refractivity contribution in [2.45, 2.75) is 26.7 Å². The molecule has 2 unspecified atom stereocenters. The zero-order valence-corrected chi connectivity index (χ0v) is 38.8. The summed E-state index contributed by atoms with van der Waals surface area (Å²) in [4.78, 5) is 4.54. The maximum absolute atomic E-state index is 2.41. The van der Waals surface area contributed by atoms with E-state index in [9.17, 15) is 0 Å². The van der Waals surface area contributed by atoms with E-state index in [1.165, 1.54) is 54.3 Å². The van der Waals surface area contributed by atoms with Crippen LogP contribution in [0.15, 0.2) is 194 Å². The Kier molecular flexibility index (Phi) is 23.1. The first-order valence-electron chi connectivity index (χ1n) is 18.8. The van der Waals surface area contributed by atoms with Gasteiger partial charge in [-0.1, -0.05) is 104 Å². The molecule has 0 aliphatic rings. The SMILES string of the molecule is CCc1c(N(C)C)cc[c-]1P(c1ccccc1)[c-]1[cH-][cH-][cH-][c-]1P(c1ccccc1)c1ccc(N(C)C)[c-]1CC.[Fe].[Fe].[Fe].c1cc[cH-]c1.c1cc[cH-]c1.c1cc[cH-]c1. The first-order chi connectivity index (χ1) is 26.5. The average molecular weight is 912 g/mol. The monoisotopic (exact) mass is 912 g/mol. The van der Waals surface area contributed by atoms with Crippen LogP contribution in [0.1, 0.15) is 25.0 Å². The van der Waals surface area contributed by atoms with Crippen LogP contribution in [0.4, 0.5) is 11.4 Å². The first-order valence-corrected chi connectivity index (χ1v) is 21.5. The Morgan fingerprint density at radius 2 is 1.04 bits per heavy atom. The van der Waals surface area contributed by atoms with Gasteiger partial charge in [-0.3, -0.25) is 7.92 Å². The van der Waals surface area contributed by atoms with Crippen molar-refractivity contribution in [2.24, 2.45) is 0 Å². The third-order valence-corrected chi connectivity index (χ3v) is 14.5. The minimum Gasteiger partial charge on any atom is -0.747 e. The molecule has 0 amide bonds. The van der Waals surface area contributed by atoms with Crippen LogP contribution in [0.2, 0.25) is 0 Å². The van der Waals surface area contributed by atoms with Gasteiger partial charge in [-0.05, 0) is 14.1 Å². The fourth-order valence-corrected chi connectivity index (χ4v) is 12.5. The molecule has 0 aliphatic carbocycles. The van der Waals surface area contributed by atoms with Crippen molar-refractivity contribution in [3.05, 3.63) is 205 Å². The molecule has 0 heterocycles. The van der Waals surface area contributed by atoms with Gasteiger partial charge < -0.3 is 46.5 Å². The second kappa shape index (κ2) is 26.5. The minimum atomic E-state index is -0.714. The standard InChI is InChI=1S/C35H39N2P2.3C5H5.3Fe/c1-7-28-30(36(3)4)22-24-32(28)38(26-16-11-9-12-17-26)34-20-15-21-35(34)39(27-18-13-10-14-19-27)33-25-23-31(37(5)6)29(33)8-2;3*1-2-4-5-3-1;;;/h9-25H,7-8H2,1-6H3;3*1-5H;;;/q-7;3*-1;;;. The Labute approximate surface area is 377 Å². The van der Waals surface area contributed by atoms with Gasteiger partial charge in [-0.15, -0.1) is 16.8 Å². The summed E-state index contributed by atoms with van der Waals surface area (Å²) in [5, 5.41) is 8.80. The number of hydrogen-bond donors (Lipinski definition) is 0. The van der Waals surface area contributed by atoms with Gasteiger partial charge >= 0.3 is 0 Å². The van der Waals surface area contributed by atoms with Gasteiger partial charge in [-0.2, -0.15) is 83.4 Å². The first kappa shape index (κ1) is 49.7. The molecule has 0 saturated carbocycles. The third kappa shape index (κ3) is 13.6. The van der Waals surface area contributed by atoms with E-state index in [2.05, 4.69) is 155 Å². The third-order valence-electron chi connectivity index (χ3n) is 9.14. The fourth-order valence-electron chi connectivity index (χ4n) is 6.67. The molecule has 2 nitrogen and oxygen atoms in total. The molecular formula is C50H54Fe3N2P2-10. The van der Waals surface area contributed by atoms with Gasteiger partial charge in [0.1, 0.15) is 0 Å². The Bertz CT molecular complexity index is 1880. The zero-order chi connectivity index (χ0) is 38.1. The van der Waals surface area contributed by atoms with Crippen LogP contribution in [0.25, 0.3) is 0 Å². The van der Waals surface area contributed by atoms with E-state index in [4.69, 9.17) is 0 Å². The molecule has 0 bridgehead atoms. The number of rotatable bonds is 10. The molecule has 8 rings (SSSR count). The second-order valence-corrected chi connectivity index (χ2v) is 17.5. The summed E-state index contributed by atoms with van der Waals surface area (Å²) in [6.07, 6.45) is 2.06. The smallest absolute Gasteiger partial charge is 0.00394 e. The average Bonchev–Trinajstić information content (AvgIpc) is 4.06. The van der Waals surface area contributed by atoms with Crippen molar-refractivity contribution < 1.29 is 51.2 Å². The predicted octanol–water partition coefficient (Wildman–Crippen LogP) is 9.83. The van der Waals surface area contributed by atoms with E-state index in [-0.39, 0.29) is 51.2 Å². The summed E-state index contributed by atoms with van der Waals surface area (Å²) < 4.78 is 0. The van der Waals surface area contributed by atoms with Gasteiger partial charge in [0.15, 0.2) is 0 Å². The van der Waals surface area contributed by atoms with Crippen molar-refractivity contribution in [2.75, 3.05) is 38.0 Å². The van der Waals surface area contributed by atoms with Gasteiger partial charge in [0.25, 0.3) is 0 Å². The molecule has 308 valence electrons. The fraction of sp³-hybridized carbons (Fsp3) is 0.160. The van der Waals surface area contributed by atoms with E-state index in [1.54, 1.807) is 0 Å². The summed E-state index contributed by atoms with van der Waals surface area (Å²) in [7, 11) is 7.22. The molecule has 0 N–H and O–H groups in total. The molecule has 57 heavy (non-hydrogen) atoms.